The van der Waals surface area contributed by atoms with Crippen LogP contribution >= 0.6 is 0 Å². The predicted molar refractivity (Wildman–Crippen MR) is 132 cm³/mol. The van der Waals surface area contributed by atoms with E-state index in [4.69, 9.17) is 5.11 Å². The van der Waals surface area contributed by atoms with E-state index in [1.54, 1.807) is 52.5 Å². The Labute approximate surface area is 204 Å². The first-order valence-corrected chi connectivity index (χ1v) is 12.6. The molecule has 10 heteroatoms. The summed E-state index contributed by atoms with van der Waals surface area (Å²) in [6, 6.07) is 14.8. The summed E-state index contributed by atoms with van der Waals surface area (Å²) in [5.74, 6) is 0.219. The van der Waals surface area contributed by atoms with Crippen molar-refractivity contribution in [3.05, 3.63) is 72.7 Å². The highest BCUT2D eigenvalue weighted by Crippen LogP contribution is 2.29. The number of likely N-dealkylation sites (tertiary alicyclic amines) is 1. The Kier molecular flexibility index (Phi) is 6.14. The molecule has 0 radical (unpaired) electrons. The third-order valence-corrected chi connectivity index (χ3v) is 7.03. The van der Waals surface area contributed by atoms with Gasteiger partial charge >= 0.3 is 6.09 Å². The molecule has 1 fully saturated rings. The number of nitrogens with zero attached hydrogens (tertiary/aromatic N) is 4. The number of aromatic nitrogens is 3. The number of rotatable bonds is 5. The van der Waals surface area contributed by atoms with Crippen LogP contribution in [-0.4, -0.2) is 66.5 Å². The highest BCUT2D eigenvalue weighted by atomic mass is 32.2. The number of carbonyl (C=O) groups is 2. The lowest BCUT2D eigenvalue weighted by atomic mass is 10.1. The van der Waals surface area contributed by atoms with Crippen molar-refractivity contribution in [2.45, 2.75) is 17.4 Å². The van der Waals surface area contributed by atoms with E-state index in [0.717, 1.165) is 16.5 Å². The average molecular weight is 490 g/mol. The molecule has 2 amide bonds. The van der Waals surface area contributed by atoms with E-state index in [2.05, 4.69) is 15.3 Å². The molecular weight excluding hydrogens is 466 g/mol. The molecule has 0 saturated carbocycles. The van der Waals surface area contributed by atoms with Gasteiger partial charge < -0.3 is 19.9 Å². The van der Waals surface area contributed by atoms with Gasteiger partial charge in [-0.05, 0) is 41.4 Å². The molecular formula is C25H23N5O4S. The zero-order chi connectivity index (χ0) is 24.5. The summed E-state index contributed by atoms with van der Waals surface area (Å²) in [6.07, 6.45) is 6.30. The van der Waals surface area contributed by atoms with Crippen molar-refractivity contribution in [2.24, 2.45) is 0 Å². The van der Waals surface area contributed by atoms with Crippen LogP contribution in [-0.2, 0) is 11.2 Å². The number of carboxylic acid groups (broad SMARTS) is 1. The lowest BCUT2D eigenvalue weighted by molar-refractivity contribution is 0.0788. The molecule has 3 heterocycles. The molecule has 9 nitrogen and oxygen atoms in total. The summed E-state index contributed by atoms with van der Waals surface area (Å²) in [5.41, 5.74) is 3.01. The zero-order valence-corrected chi connectivity index (χ0v) is 19.7. The molecule has 2 aromatic heterocycles. The SMILES string of the molecule is C[S+]([O-])c1cn(-c2ncc(-c3ccccc3)cn2)c2cc(C(=O)N3CC[C@@H](NC(=O)O)C3)ccc12. The van der Waals surface area contributed by atoms with E-state index >= 15 is 0 Å². The number of amides is 2. The molecule has 0 bridgehead atoms. The van der Waals surface area contributed by atoms with Gasteiger partial charge in [0.2, 0.25) is 5.95 Å². The normalized spacial score (nSPS) is 16.4. The Bertz CT molecular complexity index is 1390. The standard InChI is InChI=1S/C25H23N5O4S/c1-35(34)22-15-30(24-26-12-18(13-27-24)16-5-3-2-4-6-16)21-11-17(7-8-20(21)22)23(31)29-10-9-19(14-29)28-25(32)33/h2-8,11-13,15,19,28H,9-10,14H2,1H3,(H,32,33)/t19-,35?/m1/s1. The highest BCUT2D eigenvalue weighted by Gasteiger charge is 2.29. The first-order valence-electron chi connectivity index (χ1n) is 11.1. The van der Waals surface area contributed by atoms with Crippen LogP contribution in [0.3, 0.4) is 0 Å². The number of nitrogens with one attached hydrogen (secondary N) is 1. The Balaban J connectivity index is 1.49. The van der Waals surface area contributed by atoms with Gasteiger partial charge in [-0.1, -0.05) is 30.3 Å². The summed E-state index contributed by atoms with van der Waals surface area (Å²) in [5, 5.41) is 12.1. The van der Waals surface area contributed by atoms with Crippen LogP contribution in [0.25, 0.3) is 28.0 Å². The van der Waals surface area contributed by atoms with Gasteiger partial charge in [-0.3, -0.25) is 9.36 Å². The molecule has 2 N–H and O–H groups in total. The van der Waals surface area contributed by atoms with Crippen molar-refractivity contribution in [3.63, 3.8) is 0 Å². The van der Waals surface area contributed by atoms with Crippen molar-refractivity contribution in [2.75, 3.05) is 19.3 Å². The summed E-state index contributed by atoms with van der Waals surface area (Å²) in [4.78, 5) is 35.4. The zero-order valence-electron chi connectivity index (χ0n) is 18.9. The first-order chi connectivity index (χ1) is 16.9. The molecule has 0 spiro atoms. The number of benzene rings is 2. The predicted octanol–water partition coefficient (Wildman–Crippen LogP) is 3.31. The van der Waals surface area contributed by atoms with E-state index in [1.807, 2.05) is 30.3 Å². The van der Waals surface area contributed by atoms with Crippen LogP contribution in [0.4, 0.5) is 4.79 Å². The van der Waals surface area contributed by atoms with Gasteiger partial charge in [0.25, 0.3) is 5.91 Å². The van der Waals surface area contributed by atoms with Crippen molar-refractivity contribution < 1.29 is 19.2 Å². The first kappa shape index (κ1) is 22.9. The number of hydrogen-bond donors (Lipinski definition) is 2. The lowest BCUT2D eigenvalue weighted by Gasteiger charge is -2.17. The monoisotopic (exact) mass is 489 g/mol. The maximum absolute atomic E-state index is 13.2. The minimum atomic E-state index is -1.26. The van der Waals surface area contributed by atoms with E-state index < -0.39 is 17.3 Å². The van der Waals surface area contributed by atoms with E-state index in [9.17, 15) is 14.1 Å². The Morgan fingerprint density at radius 2 is 1.86 bits per heavy atom. The van der Waals surface area contributed by atoms with Crippen molar-refractivity contribution >= 4 is 34.1 Å². The molecule has 1 aliphatic heterocycles. The molecule has 1 aliphatic rings. The molecule has 5 rings (SSSR count). The second kappa shape index (κ2) is 9.40. The van der Waals surface area contributed by atoms with Gasteiger partial charge in [0.05, 0.1) is 23.1 Å². The fourth-order valence-electron chi connectivity index (χ4n) is 4.37. The van der Waals surface area contributed by atoms with E-state index in [0.29, 0.717) is 41.4 Å². The summed E-state index contributed by atoms with van der Waals surface area (Å²) < 4.78 is 14.2. The summed E-state index contributed by atoms with van der Waals surface area (Å²) in [6.45, 7) is 0.787. The highest BCUT2D eigenvalue weighted by molar-refractivity contribution is 7.91. The van der Waals surface area contributed by atoms with Crippen molar-refractivity contribution in [1.82, 2.24) is 24.8 Å². The van der Waals surface area contributed by atoms with Crippen LogP contribution < -0.4 is 5.32 Å². The second-order valence-electron chi connectivity index (χ2n) is 8.37. The number of hydrogen-bond acceptors (Lipinski definition) is 5. The van der Waals surface area contributed by atoms with Gasteiger partial charge in [-0.2, -0.15) is 0 Å². The van der Waals surface area contributed by atoms with Crippen LogP contribution in [0.1, 0.15) is 16.8 Å². The lowest BCUT2D eigenvalue weighted by Crippen LogP contribution is -2.37. The van der Waals surface area contributed by atoms with Crippen molar-refractivity contribution in [3.8, 4) is 17.1 Å². The van der Waals surface area contributed by atoms with E-state index in [1.165, 1.54) is 0 Å². The fourth-order valence-corrected chi connectivity index (χ4v) is 5.10. The Morgan fingerprint density at radius 3 is 2.54 bits per heavy atom. The van der Waals surface area contributed by atoms with Gasteiger partial charge in [0, 0.05) is 36.6 Å². The molecule has 1 unspecified atom stereocenters. The molecule has 2 aromatic carbocycles. The summed E-state index contributed by atoms with van der Waals surface area (Å²) >= 11 is -1.26. The van der Waals surface area contributed by atoms with Gasteiger partial charge in [-0.25, -0.2) is 14.8 Å². The Morgan fingerprint density at radius 1 is 1.11 bits per heavy atom. The minimum absolute atomic E-state index is 0.186. The molecule has 4 aromatic rings. The molecule has 1 saturated heterocycles. The molecule has 35 heavy (non-hydrogen) atoms. The minimum Gasteiger partial charge on any atom is -0.612 e. The van der Waals surface area contributed by atoms with Crippen LogP contribution in [0, 0.1) is 0 Å². The molecule has 2 atom stereocenters. The quantitative estimate of drug-likeness (QED) is 0.415. The van der Waals surface area contributed by atoms with Crippen LogP contribution in [0.2, 0.25) is 0 Å². The van der Waals surface area contributed by atoms with Gasteiger partial charge in [0.1, 0.15) is 6.26 Å². The van der Waals surface area contributed by atoms with E-state index in [-0.39, 0.29) is 11.9 Å². The third-order valence-electron chi connectivity index (χ3n) is 6.09. The number of fused-ring (bicyclic) bond motifs is 1. The smallest absolute Gasteiger partial charge is 0.404 e. The summed E-state index contributed by atoms with van der Waals surface area (Å²) in [7, 11) is 0. The topological polar surface area (TPSA) is 123 Å². The second-order valence-corrected chi connectivity index (χ2v) is 9.72. The molecule has 0 aliphatic carbocycles. The fraction of sp³-hybridized carbons (Fsp3) is 0.200. The van der Waals surface area contributed by atoms with Crippen LogP contribution in [0.15, 0.2) is 72.0 Å². The largest absolute Gasteiger partial charge is 0.612 e. The van der Waals surface area contributed by atoms with Crippen molar-refractivity contribution in [1.29, 1.82) is 0 Å². The third kappa shape index (κ3) is 4.58. The Hall–Kier alpha value is -3.89. The maximum atomic E-state index is 13.2. The number of carbonyl (C=O) groups excluding carboxylic acids is 1. The average Bonchev–Trinajstić information content (AvgIpc) is 3.48. The van der Waals surface area contributed by atoms with Crippen LogP contribution in [0.5, 0.6) is 0 Å². The molecule has 178 valence electrons. The van der Waals surface area contributed by atoms with Gasteiger partial charge in [-0.15, -0.1) is 0 Å². The maximum Gasteiger partial charge on any atom is 0.404 e. The van der Waals surface area contributed by atoms with Gasteiger partial charge in [0.15, 0.2) is 4.90 Å².